The number of ether oxygens (including phenoxy) is 1. The van der Waals surface area contributed by atoms with Gasteiger partial charge in [-0.25, -0.2) is 14.2 Å². The van der Waals surface area contributed by atoms with Gasteiger partial charge in [0.1, 0.15) is 17.3 Å². The molecule has 202 valence electrons. The van der Waals surface area contributed by atoms with Gasteiger partial charge in [0.15, 0.2) is 4.80 Å². The summed E-state index contributed by atoms with van der Waals surface area (Å²) in [5.74, 6) is 0.308. The highest BCUT2D eigenvalue weighted by molar-refractivity contribution is 7.07. The number of aromatic nitrogens is 1. The van der Waals surface area contributed by atoms with E-state index in [0.717, 1.165) is 40.8 Å². The first-order chi connectivity index (χ1) is 20.0. The largest absolute Gasteiger partial charge is 0.465 e. The van der Waals surface area contributed by atoms with E-state index in [2.05, 4.69) is 12.1 Å². The lowest BCUT2D eigenvalue weighted by Gasteiger charge is -2.30. The predicted molar refractivity (Wildman–Crippen MR) is 155 cm³/mol. The van der Waals surface area contributed by atoms with Gasteiger partial charge in [-0.2, -0.15) is 0 Å². The molecule has 6 nitrogen and oxygen atoms in total. The first kappa shape index (κ1) is 25.2. The highest BCUT2D eigenvalue weighted by atomic mass is 32.1. The molecule has 2 aliphatic rings. The lowest BCUT2D eigenvalue weighted by atomic mass is 9.83. The van der Waals surface area contributed by atoms with Crippen LogP contribution in [-0.2, 0) is 11.2 Å². The van der Waals surface area contributed by atoms with Crippen LogP contribution in [0.4, 0.5) is 4.39 Å². The number of hydrogen-bond donors (Lipinski definition) is 0. The number of rotatable bonds is 4. The van der Waals surface area contributed by atoms with Crippen LogP contribution in [0, 0.1) is 5.82 Å². The number of halogens is 1. The lowest BCUT2D eigenvalue weighted by Crippen LogP contribution is -2.38. The van der Waals surface area contributed by atoms with Crippen LogP contribution in [0.15, 0.2) is 105 Å². The Kier molecular flexibility index (Phi) is 6.12. The summed E-state index contributed by atoms with van der Waals surface area (Å²) in [7, 11) is 1.34. The second-order valence-corrected chi connectivity index (χ2v) is 10.9. The number of nitrogens with zero attached hydrogens (tertiary/aromatic N) is 2. The van der Waals surface area contributed by atoms with Crippen LogP contribution in [0.25, 0.3) is 23.1 Å². The summed E-state index contributed by atoms with van der Waals surface area (Å²) in [5.41, 5.74) is 6.04. The maximum Gasteiger partial charge on any atom is 0.337 e. The van der Waals surface area contributed by atoms with Crippen LogP contribution < -0.4 is 14.9 Å². The minimum Gasteiger partial charge on any atom is -0.465 e. The Bertz CT molecular complexity index is 2050. The van der Waals surface area contributed by atoms with Crippen molar-refractivity contribution in [2.24, 2.45) is 4.99 Å². The second kappa shape index (κ2) is 9.98. The van der Waals surface area contributed by atoms with Crippen molar-refractivity contribution in [1.82, 2.24) is 4.57 Å². The Balaban J connectivity index is 1.35. The van der Waals surface area contributed by atoms with Crippen LogP contribution in [0.3, 0.4) is 0 Å². The fourth-order valence-corrected chi connectivity index (χ4v) is 6.58. The molecule has 0 radical (unpaired) electrons. The third-order valence-electron chi connectivity index (χ3n) is 7.53. The molecule has 8 heteroatoms. The monoisotopic (exact) mass is 562 g/mol. The molecule has 41 heavy (non-hydrogen) atoms. The van der Waals surface area contributed by atoms with Gasteiger partial charge in [-0.05, 0) is 65.9 Å². The van der Waals surface area contributed by atoms with E-state index in [1.807, 2.05) is 18.2 Å². The number of fused-ring (bicyclic) bond motifs is 3. The molecule has 0 saturated carbocycles. The third-order valence-corrected chi connectivity index (χ3v) is 8.51. The van der Waals surface area contributed by atoms with Gasteiger partial charge in [-0.15, -0.1) is 0 Å². The van der Waals surface area contributed by atoms with Gasteiger partial charge in [-0.3, -0.25) is 9.36 Å². The van der Waals surface area contributed by atoms with Gasteiger partial charge in [0, 0.05) is 17.2 Å². The molecular weight excluding hydrogens is 539 g/mol. The minimum atomic E-state index is -0.430. The molecular formula is C33H23FN2O4S. The van der Waals surface area contributed by atoms with E-state index in [4.69, 9.17) is 14.1 Å². The summed E-state index contributed by atoms with van der Waals surface area (Å²) in [6, 6.07) is 24.8. The van der Waals surface area contributed by atoms with Crippen molar-refractivity contribution >= 4 is 29.1 Å². The number of esters is 1. The molecule has 0 fully saturated rings. The molecule has 3 heterocycles. The average Bonchev–Trinajstić information content (AvgIpc) is 3.60. The molecule has 0 bridgehead atoms. The van der Waals surface area contributed by atoms with Crippen LogP contribution in [0.5, 0.6) is 0 Å². The molecule has 5 aromatic rings. The topological polar surface area (TPSA) is 73.8 Å². The van der Waals surface area contributed by atoms with Crippen LogP contribution in [-0.4, -0.2) is 17.6 Å². The Morgan fingerprint density at radius 3 is 2.71 bits per heavy atom. The zero-order valence-electron chi connectivity index (χ0n) is 22.0. The number of methoxy groups -OCH3 is 1. The van der Waals surface area contributed by atoms with E-state index >= 15 is 0 Å². The van der Waals surface area contributed by atoms with Crippen LogP contribution in [0.2, 0.25) is 0 Å². The van der Waals surface area contributed by atoms with Gasteiger partial charge in [0.2, 0.25) is 0 Å². The number of benzene rings is 3. The van der Waals surface area contributed by atoms with Gasteiger partial charge < -0.3 is 9.15 Å². The fraction of sp³-hybridized carbons (Fsp3) is 0.121. The lowest BCUT2D eigenvalue weighted by molar-refractivity contribution is 0.0601. The molecule has 0 spiro atoms. The molecule has 0 unspecified atom stereocenters. The first-order valence-electron chi connectivity index (χ1n) is 13.2. The highest BCUT2D eigenvalue weighted by Crippen LogP contribution is 2.41. The molecule has 7 rings (SSSR count). The van der Waals surface area contributed by atoms with Crippen molar-refractivity contribution in [2.45, 2.75) is 18.9 Å². The average molecular weight is 563 g/mol. The molecule has 0 N–H and O–H groups in total. The quantitative estimate of drug-likeness (QED) is 0.271. The summed E-state index contributed by atoms with van der Waals surface area (Å²) in [6.07, 6.45) is 3.32. The predicted octanol–water partition coefficient (Wildman–Crippen LogP) is 5.50. The zero-order chi connectivity index (χ0) is 28.1. The van der Waals surface area contributed by atoms with Gasteiger partial charge in [-0.1, -0.05) is 59.9 Å². The van der Waals surface area contributed by atoms with Crippen LogP contribution >= 0.6 is 11.3 Å². The summed E-state index contributed by atoms with van der Waals surface area (Å²) < 4.78 is 27.0. The van der Waals surface area contributed by atoms with Crippen LogP contribution in [0.1, 0.15) is 45.3 Å². The number of furan rings is 1. The molecule has 1 aliphatic carbocycles. The molecule has 1 aliphatic heterocycles. The van der Waals surface area contributed by atoms with E-state index < -0.39 is 5.97 Å². The van der Waals surface area contributed by atoms with Crippen molar-refractivity contribution < 1.29 is 18.3 Å². The standard InChI is InChI=1S/C33H23FN2O4S/c1-39-32(38)22-7-4-6-21(17-22)27-16-14-24(40-27)18-28-31(37)36-30(20-9-12-23(34)13-10-20)26-15-11-19-5-2-3-8-25(19)29(26)35-33(36)41-28/h2-10,12-14,16-18,30H,11,15H2,1H3/b28-18+/t30-/m0/s1. The van der Waals surface area contributed by atoms with E-state index in [-0.39, 0.29) is 17.4 Å². The maximum atomic E-state index is 13.9. The van der Waals surface area contributed by atoms with E-state index in [0.29, 0.717) is 26.4 Å². The summed E-state index contributed by atoms with van der Waals surface area (Å²) in [4.78, 5) is 31.5. The van der Waals surface area contributed by atoms with E-state index in [1.54, 1.807) is 53.1 Å². The normalized spacial score (nSPS) is 16.0. The Morgan fingerprint density at radius 1 is 1.05 bits per heavy atom. The molecule has 0 saturated heterocycles. The number of thiazole rings is 1. The number of hydrogen-bond acceptors (Lipinski definition) is 6. The fourth-order valence-electron chi connectivity index (χ4n) is 5.60. The van der Waals surface area contributed by atoms with Gasteiger partial charge in [0.05, 0.1) is 28.9 Å². The first-order valence-corrected chi connectivity index (χ1v) is 14.0. The minimum absolute atomic E-state index is 0.181. The van der Waals surface area contributed by atoms with Crippen molar-refractivity contribution in [2.75, 3.05) is 7.11 Å². The Morgan fingerprint density at radius 2 is 1.88 bits per heavy atom. The maximum absolute atomic E-state index is 13.9. The number of carbonyl (C=O) groups excluding carboxylic acids is 1. The zero-order valence-corrected chi connectivity index (χ0v) is 22.8. The van der Waals surface area contributed by atoms with Crippen molar-refractivity contribution in [3.8, 4) is 11.3 Å². The number of allylic oxidation sites excluding steroid dienone is 1. The third kappa shape index (κ3) is 4.37. The van der Waals surface area contributed by atoms with Crippen molar-refractivity contribution in [1.29, 1.82) is 0 Å². The van der Waals surface area contributed by atoms with Crippen molar-refractivity contribution in [3.63, 3.8) is 0 Å². The molecule has 0 amide bonds. The molecule has 1 atom stereocenters. The summed E-state index contributed by atoms with van der Waals surface area (Å²) >= 11 is 1.30. The molecule has 3 aromatic carbocycles. The number of carbonyl (C=O) groups is 1. The highest BCUT2D eigenvalue weighted by Gasteiger charge is 2.32. The summed E-state index contributed by atoms with van der Waals surface area (Å²) in [6.45, 7) is 0. The SMILES string of the molecule is COC(=O)c1cccc(-c2ccc(/C=c3/sc4n(c3=O)[C@@H](c3ccc(F)cc3)C3=C(N=4)c4ccccc4CC3)o2)c1. The van der Waals surface area contributed by atoms with E-state index in [1.165, 1.54) is 36.1 Å². The number of aryl methyl sites for hydroxylation is 1. The Hall–Kier alpha value is -4.82. The summed E-state index contributed by atoms with van der Waals surface area (Å²) in [5, 5.41) is 0. The Labute approximate surface area is 238 Å². The van der Waals surface area contributed by atoms with Gasteiger partial charge in [0.25, 0.3) is 5.56 Å². The molecule has 2 aromatic heterocycles. The van der Waals surface area contributed by atoms with E-state index in [9.17, 15) is 14.0 Å². The smallest absolute Gasteiger partial charge is 0.337 e. The second-order valence-electron chi connectivity index (χ2n) is 9.94. The van der Waals surface area contributed by atoms with Gasteiger partial charge >= 0.3 is 5.97 Å². The van der Waals surface area contributed by atoms with Crippen molar-refractivity contribution in [3.05, 3.63) is 144 Å².